The van der Waals surface area contributed by atoms with Crippen LogP contribution in [0.4, 0.5) is 11.4 Å². The predicted molar refractivity (Wildman–Crippen MR) is 84.8 cm³/mol. The van der Waals surface area contributed by atoms with Crippen molar-refractivity contribution in [2.45, 2.75) is 26.4 Å². The molecule has 0 aliphatic rings. The van der Waals surface area contributed by atoms with Crippen molar-refractivity contribution in [3.8, 4) is 0 Å². The lowest BCUT2D eigenvalue weighted by molar-refractivity contribution is 0.532. The molecule has 0 amide bonds. The quantitative estimate of drug-likeness (QED) is 0.859. The zero-order valence-electron chi connectivity index (χ0n) is 12.4. The summed E-state index contributed by atoms with van der Waals surface area (Å²) in [6.07, 6.45) is 4.95. The van der Waals surface area contributed by atoms with Gasteiger partial charge in [0.1, 0.15) is 0 Å². The second-order valence-corrected chi connectivity index (χ2v) is 6.98. The number of hydrogen-bond acceptors (Lipinski definition) is 4. The summed E-state index contributed by atoms with van der Waals surface area (Å²) >= 11 is 0. The van der Waals surface area contributed by atoms with Crippen molar-refractivity contribution in [2.75, 3.05) is 16.3 Å². The van der Waals surface area contributed by atoms with Gasteiger partial charge in [-0.25, -0.2) is 8.42 Å². The average molecular weight is 308 g/mol. The lowest BCUT2D eigenvalue weighted by atomic mass is 10.2. The van der Waals surface area contributed by atoms with Crippen LogP contribution in [0.25, 0.3) is 0 Å². The molecule has 114 valence electrons. The summed E-state index contributed by atoms with van der Waals surface area (Å²) in [6.45, 7) is 4.78. The van der Waals surface area contributed by atoms with E-state index in [0.29, 0.717) is 18.3 Å². The molecular formula is C14H20N4O2S. The number of anilines is 2. The first kappa shape index (κ1) is 15.4. The molecule has 0 fully saturated rings. The minimum absolute atomic E-state index is 0.334. The SMILES string of the molecule is CC(C)n1cc(CNc2cccc(NS(C)(=O)=O)c2)cn1. The van der Waals surface area contributed by atoms with Gasteiger partial charge in [-0.3, -0.25) is 9.40 Å². The van der Waals surface area contributed by atoms with Crippen molar-refractivity contribution in [2.24, 2.45) is 0 Å². The van der Waals surface area contributed by atoms with Gasteiger partial charge in [0.25, 0.3) is 0 Å². The fourth-order valence-electron chi connectivity index (χ4n) is 1.86. The Morgan fingerprint density at radius 2 is 2.00 bits per heavy atom. The summed E-state index contributed by atoms with van der Waals surface area (Å²) in [5, 5.41) is 7.53. The van der Waals surface area contributed by atoms with Gasteiger partial charge in [-0.15, -0.1) is 0 Å². The van der Waals surface area contributed by atoms with Crippen LogP contribution in [0.3, 0.4) is 0 Å². The molecule has 7 heteroatoms. The molecule has 1 heterocycles. The highest BCUT2D eigenvalue weighted by Gasteiger charge is 2.04. The Labute approximate surface area is 125 Å². The van der Waals surface area contributed by atoms with E-state index in [0.717, 1.165) is 17.5 Å². The Kier molecular flexibility index (Phi) is 4.52. The molecule has 0 atom stereocenters. The minimum Gasteiger partial charge on any atom is -0.381 e. The standard InChI is InChI=1S/C14H20N4O2S/c1-11(2)18-10-12(9-16-18)8-15-13-5-4-6-14(7-13)17-21(3,19)20/h4-7,9-11,15,17H,8H2,1-3H3. The van der Waals surface area contributed by atoms with Gasteiger partial charge in [0.2, 0.25) is 10.0 Å². The monoisotopic (exact) mass is 308 g/mol. The second kappa shape index (κ2) is 6.17. The summed E-state index contributed by atoms with van der Waals surface area (Å²) in [7, 11) is -3.26. The smallest absolute Gasteiger partial charge is 0.229 e. The molecule has 0 unspecified atom stereocenters. The van der Waals surface area contributed by atoms with Crippen LogP contribution in [-0.2, 0) is 16.6 Å². The zero-order chi connectivity index (χ0) is 15.5. The topological polar surface area (TPSA) is 76.0 Å². The van der Waals surface area contributed by atoms with Crippen LogP contribution >= 0.6 is 0 Å². The van der Waals surface area contributed by atoms with Crippen LogP contribution in [0, 0.1) is 0 Å². The van der Waals surface area contributed by atoms with Crippen LogP contribution in [-0.4, -0.2) is 24.5 Å². The normalized spacial score (nSPS) is 11.6. The van der Waals surface area contributed by atoms with E-state index in [1.807, 2.05) is 23.1 Å². The zero-order valence-corrected chi connectivity index (χ0v) is 13.2. The van der Waals surface area contributed by atoms with Crippen LogP contribution in [0.5, 0.6) is 0 Å². The molecule has 2 N–H and O–H groups in total. The third-order valence-corrected chi connectivity index (χ3v) is 3.45. The molecule has 0 aliphatic heterocycles. The number of nitrogens with one attached hydrogen (secondary N) is 2. The number of benzene rings is 1. The van der Waals surface area contributed by atoms with E-state index in [4.69, 9.17) is 0 Å². The van der Waals surface area contributed by atoms with E-state index in [1.54, 1.807) is 18.2 Å². The van der Waals surface area contributed by atoms with Gasteiger partial charge in [-0.1, -0.05) is 6.07 Å². The summed E-state index contributed by atoms with van der Waals surface area (Å²) in [6, 6.07) is 7.49. The molecule has 0 saturated carbocycles. The lowest BCUT2D eigenvalue weighted by Gasteiger charge is -2.08. The number of sulfonamides is 1. The van der Waals surface area contributed by atoms with Crippen molar-refractivity contribution in [1.29, 1.82) is 0 Å². The van der Waals surface area contributed by atoms with Gasteiger partial charge in [0.15, 0.2) is 0 Å². The molecule has 2 rings (SSSR count). The third-order valence-electron chi connectivity index (χ3n) is 2.85. The van der Waals surface area contributed by atoms with Gasteiger partial charge >= 0.3 is 0 Å². The third kappa shape index (κ3) is 4.78. The first-order valence-electron chi connectivity index (χ1n) is 6.68. The Bertz CT molecular complexity index is 707. The molecule has 0 aliphatic carbocycles. The highest BCUT2D eigenvalue weighted by atomic mass is 32.2. The molecular weight excluding hydrogens is 288 g/mol. The Morgan fingerprint density at radius 1 is 1.29 bits per heavy atom. The fraction of sp³-hybridized carbons (Fsp3) is 0.357. The van der Waals surface area contributed by atoms with E-state index in [9.17, 15) is 8.42 Å². The summed E-state index contributed by atoms with van der Waals surface area (Å²) in [4.78, 5) is 0. The number of rotatable bonds is 6. The first-order valence-corrected chi connectivity index (χ1v) is 8.57. The number of hydrogen-bond donors (Lipinski definition) is 2. The van der Waals surface area contributed by atoms with Crippen molar-refractivity contribution in [3.05, 3.63) is 42.2 Å². The van der Waals surface area contributed by atoms with E-state index < -0.39 is 10.0 Å². The lowest BCUT2D eigenvalue weighted by Crippen LogP contribution is -2.09. The molecule has 1 aromatic heterocycles. The maximum atomic E-state index is 11.2. The van der Waals surface area contributed by atoms with Crippen molar-refractivity contribution in [3.63, 3.8) is 0 Å². The van der Waals surface area contributed by atoms with E-state index >= 15 is 0 Å². The van der Waals surface area contributed by atoms with Crippen molar-refractivity contribution < 1.29 is 8.42 Å². The molecule has 6 nitrogen and oxygen atoms in total. The van der Waals surface area contributed by atoms with Crippen LogP contribution < -0.4 is 10.0 Å². The van der Waals surface area contributed by atoms with Gasteiger partial charge in [-0.2, -0.15) is 5.10 Å². The van der Waals surface area contributed by atoms with Crippen molar-refractivity contribution in [1.82, 2.24) is 9.78 Å². The van der Waals surface area contributed by atoms with Gasteiger partial charge in [-0.05, 0) is 32.0 Å². The van der Waals surface area contributed by atoms with E-state index in [2.05, 4.69) is 29.0 Å². The van der Waals surface area contributed by atoms with Gasteiger partial charge in [0.05, 0.1) is 18.1 Å². The Morgan fingerprint density at radius 3 is 2.62 bits per heavy atom. The van der Waals surface area contributed by atoms with Gasteiger partial charge in [0, 0.05) is 30.0 Å². The second-order valence-electron chi connectivity index (χ2n) is 5.23. The highest BCUT2D eigenvalue weighted by Crippen LogP contribution is 2.17. The number of nitrogens with zero attached hydrogens (tertiary/aromatic N) is 2. The van der Waals surface area contributed by atoms with E-state index in [-0.39, 0.29) is 0 Å². The molecule has 2 aromatic rings. The maximum Gasteiger partial charge on any atom is 0.229 e. The average Bonchev–Trinajstić information content (AvgIpc) is 2.83. The molecule has 0 spiro atoms. The summed E-state index contributed by atoms with van der Waals surface area (Å²) in [5.74, 6) is 0. The molecule has 0 radical (unpaired) electrons. The maximum absolute atomic E-state index is 11.2. The van der Waals surface area contributed by atoms with Crippen LogP contribution in [0.2, 0.25) is 0 Å². The molecule has 1 aromatic carbocycles. The molecule has 21 heavy (non-hydrogen) atoms. The van der Waals surface area contributed by atoms with E-state index in [1.165, 1.54) is 0 Å². The fourth-order valence-corrected chi connectivity index (χ4v) is 2.42. The Balaban J connectivity index is 2.01. The summed E-state index contributed by atoms with van der Waals surface area (Å²) in [5.41, 5.74) is 2.46. The Hall–Kier alpha value is -2.02. The minimum atomic E-state index is -3.26. The first-order chi connectivity index (χ1) is 9.83. The van der Waals surface area contributed by atoms with Crippen LogP contribution in [0.1, 0.15) is 25.5 Å². The predicted octanol–water partition coefficient (Wildman–Crippen LogP) is 2.45. The highest BCUT2D eigenvalue weighted by molar-refractivity contribution is 7.92. The van der Waals surface area contributed by atoms with Crippen molar-refractivity contribution >= 4 is 21.4 Å². The number of aromatic nitrogens is 2. The summed E-state index contributed by atoms with van der Waals surface area (Å²) < 4.78 is 26.8. The largest absolute Gasteiger partial charge is 0.381 e. The molecule has 0 bridgehead atoms. The molecule has 0 saturated heterocycles. The van der Waals surface area contributed by atoms with Crippen LogP contribution in [0.15, 0.2) is 36.7 Å². The van der Waals surface area contributed by atoms with Gasteiger partial charge < -0.3 is 5.32 Å².